The molecule has 124 valence electrons. The molecule has 1 rings (SSSR count). The Kier molecular flexibility index (Phi) is 8.27. The van der Waals surface area contributed by atoms with Gasteiger partial charge in [-0.05, 0) is 31.6 Å². The molecular formula is C17H32O4. The first-order valence-corrected chi connectivity index (χ1v) is 8.32. The smallest absolute Gasteiger partial charge is 0.306 e. The second-order valence-corrected chi connectivity index (χ2v) is 6.90. The molecule has 1 aliphatic rings. The fourth-order valence-electron chi connectivity index (χ4n) is 2.46. The highest BCUT2D eigenvalue weighted by Gasteiger charge is 2.32. The Bertz CT molecular complexity index is 301. The summed E-state index contributed by atoms with van der Waals surface area (Å²) in [4.78, 5) is 11.7. The van der Waals surface area contributed by atoms with Crippen molar-refractivity contribution >= 4 is 5.97 Å². The van der Waals surface area contributed by atoms with Crippen LogP contribution in [0.4, 0.5) is 0 Å². The molecule has 0 bridgehead atoms. The maximum Gasteiger partial charge on any atom is 0.306 e. The molecule has 0 saturated carbocycles. The molecule has 21 heavy (non-hydrogen) atoms. The minimum absolute atomic E-state index is 0.00653. The zero-order valence-corrected chi connectivity index (χ0v) is 14.3. The van der Waals surface area contributed by atoms with Crippen LogP contribution in [0.1, 0.15) is 60.3 Å². The number of ether oxygens (including phenoxy) is 3. The molecule has 0 unspecified atom stereocenters. The molecule has 0 radical (unpaired) electrons. The van der Waals surface area contributed by atoms with Gasteiger partial charge in [0.1, 0.15) is 12.2 Å². The predicted molar refractivity (Wildman–Crippen MR) is 83.2 cm³/mol. The molecule has 0 aromatic carbocycles. The van der Waals surface area contributed by atoms with Crippen molar-refractivity contribution in [1.29, 1.82) is 0 Å². The van der Waals surface area contributed by atoms with Crippen LogP contribution in [-0.2, 0) is 19.0 Å². The quantitative estimate of drug-likeness (QED) is 0.703. The summed E-state index contributed by atoms with van der Waals surface area (Å²) >= 11 is 0. The van der Waals surface area contributed by atoms with Gasteiger partial charge in [-0.3, -0.25) is 4.79 Å². The van der Waals surface area contributed by atoms with Crippen LogP contribution < -0.4 is 0 Å². The topological polar surface area (TPSA) is 44.8 Å². The predicted octanol–water partition coefficient (Wildman–Crippen LogP) is 3.57. The number of cyclic esters (lactones) is 1. The Morgan fingerprint density at radius 2 is 1.71 bits per heavy atom. The number of hydrogen-bond acceptors (Lipinski definition) is 4. The van der Waals surface area contributed by atoms with E-state index in [0.29, 0.717) is 31.5 Å². The van der Waals surface area contributed by atoms with Crippen molar-refractivity contribution in [2.75, 3.05) is 13.2 Å². The average molecular weight is 300 g/mol. The Morgan fingerprint density at radius 1 is 1.10 bits per heavy atom. The van der Waals surface area contributed by atoms with Crippen molar-refractivity contribution in [1.82, 2.24) is 0 Å². The normalized spacial score (nSPS) is 28.1. The van der Waals surface area contributed by atoms with Crippen molar-refractivity contribution < 1.29 is 19.0 Å². The first-order chi connectivity index (χ1) is 9.90. The van der Waals surface area contributed by atoms with Gasteiger partial charge in [-0.2, -0.15) is 0 Å². The fraction of sp³-hybridized carbons (Fsp3) is 0.941. The van der Waals surface area contributed by atoms with E-state index in [2.05, 4.69) is 27.7 Å². The molecule has 4 nitrogen and oxygen atoms in total. The summed E-state index contributed by atoms with van der Waals surface area (Å²) in [6.07, 6.45) is 2.84. The standard InChI is InChI=1S/C17H32O4/c1-12(2)10-19-15-8-6-7-9-16(18)21-14(5)17(15)20-11-13(3)4/h12-15,17H,6-11H2,1-5H3/t14-,15-,17-/m0/s1. The van der Waals surface area contributed by atoms with E-state index in [4.69, 9.17) is 14.2 Å². The maximum absolute atomic E-state index is 11.7. The summed E-state index contributed by atoms with van der Waals surface area (Å²) in [5.41, 5.74) is 0. The summed E-state index contributed by atoms with van der Waals surface area (Å²) in [6.45, 7) is 11.8. The van der Waals surface area contributed by atoms with Crippen molar-refractivity contribution in [3.8, 4) is 0 Å². The average Bonchev–Trinajstić information content (AvgIpc) is 2.44. The van der Waals surface area contributed by atoms with Crippen LogP contribution in [0.2, 0.25) is 0 Å². The lowest BCUT2D eigenvalue weighted by molar-refractivity contribution is -0.168. The third-order valence-corrected chi connectivity index (χ3v) is 3.53. The fourth-order valence-corrected chi connectivity index (χ4v) is 2.46. The van der Waals surface area contributed by atoms with E-state index in [1.807, 2.05) is 6.92 Å². The Labute approximate surface area is 129 Å². The lowest BCUT2D eigenvalue weighted by Gasteiger charge is -2.32. The minimum Gasteiger partial charge on any atom is -0.460 e. The monoisotopic (exact) mass is 300 g/mol. The zero-order valence-electron chi connectivity index (χ0n) is 14.3. The Balaban J connectivity index is 2.75. The van der Waals surface area contributed by atoms with Gasteiger partial charge in [0.05, 0.1) is 6.10 Å². The number of carbonyl (C=O) groups excluding carboxylic acids is 1. The second-order valence-electron chi connectivity index (χ2n) is 6.90. The van der Waals surface area contributed by atoms with Crippen LogP contribution in [0.3, 0.4) is 0 Å². The van der Waals surface area contributed by atoms with Crippen LogP contribution in [0.15, 0.2) is 0 Å². The third kappa shape index (κ3) is 7.28. The number of rotatable bonds is 6. The molecule has 1 saturated heterocycles. The Morgan fingerprint density at radius 3 is 2.33 bits per heavy atom. The van der Waals surface area contributed by atoms with Crippen LogP contribution in [0.5, 0.6) is 0 Å². The lowest BCUT2D eigenvalue weighted by Crippen LogP contribution is -2.42. The van der Waals surface area contributed by atoms with Crippen molar-refractivity contribution in [3.63, 3.8) is 0 Å². The molecule has 1 heterocycles. The van der Waals surface area contributed by atoms with Crippen LogP contribution in [0.25, 0.3) is 0 Å². The highest BCUT2D eigenvalue weighted by molar-refractivity contribution is 5.69. The molecule has 0 amide bonds. The second kappa shape index (κ2) is 9.42. The van der Waals surface area contributed by atoms with Gasteiger partial charge >= 0.3 is 5.97 Å². The van der Waals surface area contributed by atoms with Gasteiger partial charge < -0.3 is 14.2 Å². The molecule has 3 atom stereocenters. The molecule has 4 heteroatoms. The van der Waals surface area contributed by atoms with Gasteiger partial charge in [-0.25, -0.2) is 0 Å². The van der Waals surface area contributed by atoms with Gasteiger partial charge in [-0.15, -0.1) is 0 Å². The van der Waals surface area contributed by atoms with E-state index in [9.17, 15) is 4.79 Å². The van der Waals surface area contributed by atoms with E-state index in [-0.39, 0.29) is 24.3 Å². The van der Waals surface area contributed by atoms with Gasteiger partial charge in [-0.1, -0.05) is 34.1 Å². The molecule has 1 aliphatic heterocycles. The summed E-state index contributed by atoms with van der Waals surface area (Å²) < 4.78 is 17.6. The van der Waals surface area contributed by atoms with Crippen molar-refractivity contribution in [3.05, 3.63) is 0 Å². The third-order valence-electron chi connectivity index (χ3n) is 3.53. The number of hydrogen-bond donors (Lipinski definition) is 0. The van der Waals surface area contributed by atoms with Crippen molar-refractivity contribution in [2.45, 2.75) is 78.6 Å². The molecular weight excluding hydrogens is 268 g/mol. The molecule has 1 fully saturated rings. The summed E-state index contributed by atoms with van der Waals surface area (Å²) in [7, 11) is 0. The van der Waals surface area contributed by atoms with Gasteiger partial charge in [0, 0.05) is 19.6 Å². The molecule has 0 spiro atoms. The number of carbonyl (C=O) groups is 1. The van der Waals surface area contributed by atoms with E-state index >= 15 is 0 Å². The first kappa shape index (κ1) is 18.4. The van der Waals surface area contributed by atoms with Gasteiger partial charge in [0.25, 0.3) is 0 Å². The first-order valence-electron chi connectivity index (χ1n) is 8.32. The van der Waals surface area contributed by atoms with Crippen molar-refractivity contribution in [2.24, 2.45) is 11.8 Å². The van der Waals surface area contributed by atoms with E-state index in [1.54, 1.807) is 0 Å². The van der Waals surface area contributed by atoms with E-state index in [0.717, 1.165) is 19.3 Å². The molecule has 0 aromatic heterocycles. The van der Waals surface area contributed by atoms with Crippen LogP contribution in [0, 0.1) is 11.8 Å². The lowest BCUT2D eigenvalue weighted by atomic mass is 10.0. The largest absolute Gasteiger partial charge is 0.460 e. The highest BCUT2D eigenvalue weighted by atomic mass is 16.6. The van der Waals surface area contributed by atoms with Crippen LogP contribution >= 0.6 is 0 Å². The summed E-state index contributed by atoms with van der Waals surface area (Å²) in [6, 6.07) is 0. The molecule has 0 N–H and O–H groups in total. The van der Waals surface area contributed by atoms with E-state index in [1.165, 1.54) is 0 Å². The highest BCUT2D eigenvalue weighted by Crippen LogP contribution is 2.22. The van der Waals surface area contributed by atoms with Gasteiger partial charge in [0.15, 0.2) is 0 Å². The van der Waals surface area contributed by atoms with Gasteiger partial charge in [0.2, 0.25) is 0 Å². The van der Waals surface area contributed by atoms with E-state index < -0.39 is 0 Å². The molecule has 0 aromatic rings. The SMILES string of the molecule is CC(C)CO[C@H]1[C@H](C)OC(=O)CCCC[C@@H]1OCC(C)C. The summed E-state index contributed by atoms with van der Waals surface area (Å²) in [5, 5.41) is 0. The van der Waals surface area contributed by atoms with Crippen LogP contribution in [-0.4, -0.2) is 37.5 Å². The number of esters is 1. The maximum atomic E-state index is 11.7. The molecule has 0 aliphatic carbocycles. The zero-order chi connectivity index (χ0) is 15.8. The Hall–Kier alpha value is -0.610. The summed E-state index contributed by atoms with van der Waals surface area (Å²) in [5.74, 6) is 0.817. The minimum atomic E-state index is -0.258.